The van der Waals surface area contributed by atoms with Gasteiger partial charge in [-0.15, -0.1) is 6.58 Å². The zero-order valence-corrected chi connectivity index (χ0v) is 31.2. The minimum Gasteiger partial charge on any atom is -0.465 e. The van der Waals surface area contributed by atoms with E-state index in [0.717, 1.165) is 96.7 Å². The molecule has 278 valence electrons. The molecule has 0 aliphatic heterocycles. The van der Waals surface area contributed by atoms with Crippen molar-refractivity contribution in [2.75, 3.05) is 46.1 Å². The minimum atomic E-state index is -0.768. The number of hydrogen-bond acceptors (Lipinski definition) is 8. The second-order valence-electron chi connectivity index (χ2n) is 12.7. The molecule has 8 heteroatoms. The Morgan fingerprint density at radius 2 is 1.23 bits per heavy atom. The number of hydrogen-bond donors (Lipinski definition) is 0. The maximum atomic E-state index is 12.4. The lowest BCUT2D eigenvalue weighted by atomic mass is 9.96. The third kappa shape index (κ3) is 29.5. The predicted molar refractivity (Wildman–Crippen MR) is 197 cm³/mol. The Morgan fingerprint density at radius 3 is 1.83 bits per heavy atom. The first-order valence-corrected chi connectivity index (χ1v) is 19.1. The van der Waals surface area contributed by atoms with E-state index in [2.05, 4.69) is 63.5 Å². The molecule has 0 aromatic heterocycles. The van der Waals surface area contributed by atoms with Gasteiger partial charge in [0.15, 0.2) is 0 Å². The standard InChI is InChI=1S/C40H71NO7/c1-6-11-12-13-14-15-16-17-18-19-20-21-22-23-24-29-38(42)46-33-37(34-47-39(43)30-25-28-36(8-3)27-7-2)35-48-40(44)45-32-26-31-41(9-4)10-5/h7,14-15,17-18,36-37H,2,6,8-13,16,19-35H2,1,3-5H3/b15-14-,18-17-. The number of carbonyl (C=O) groups excluding carboxylic acids is 3. The van der Waals surface area contributed by atoms with Crippen molar-refractivity contribution in [3.8, 4) is 0 Å². The van der Waals surface area contributed by atoms with E-state index < -0.39 is 12.1 Å². The SMILES string of the molecule is C=CCC(CC)CCCC(=O)OCC(COC(=O)CCCCCCC/C=C\C/C=C\CCCCC)COC(=O)OCCCN(CC)CC. The quantitative estimate of drug-likeness (QED) is 0.0293. The first-order chi connectivity index (χ1) is 23.4. The number of carbonyl (C=O) groups is 3. The van der Waals surface area contributed by atoms with Crippen LogP contribution in [0.4, 0.5) is 4.79 Å². The second-order valence-corrected chi connectivity index (χ2v) is 12.7. The molecule has 0 aromatic rings. The molecule has 0 saturated carbocycles. The van der Waals surface area contributed by atoms with Gasteiger partial charge in [0.25, 0.3) is 0 Å². The van der Waals surface area contributed by atoms with E-state index in [1.54, 1.807) is 0 Å². The molecular weight excluding hydrogens is 606 g/mol. The molecule has 0 aliphatic rings. The highest BCUT2D eigenvalue weighted by Crippen LogP contribution is 2.17. The summed E-state index contributed by atoms with van der Waals surface area (Å²) in [6.45, 7) is 15.3. The first-order valence-electron chi connectivity index (χ1n) is 19.1. The average molecular weight is 678 g/mol. The van der Waals surface area contributed by atoms with Crippen molar-refractivity contribution in [2.24, 2.45) is 11.8 Å². The molecule has 0 saturated heterocycles. The maximum absolute atomic E-state index is 12.4. The highest BCUT2D eigenvalue weighted by molar-refractivity contribution is 5.69. The van der Waals surface area contributed by atoms with E-state index in [1.807, 2.05) is 6.08 Å². The van der Waals surface area contributed by atoms with E-state index in [0.29, 0.717) is 18.8 Å². The van der Waals surface area contributed by atoms with Crippen LogP contribution in [0, 0.1) is 11.8 Å². The summed E-state index contributed by atoms with van der Waals surface area (Å²) in [6, 6.07) is 0. The highest BCUT2D eigenvalue weighted by atomic mass is 16.7. The van der Waals surface area contributed by atoms with Crippen molar-refractivity contribution in [2.45, 2.75) is 143 Å². The summed E-state index contributed by atoms with van der Waals surface area (Å²) in [5, 5.41) is 0. The summed E-state index contributed by atoms with van der Waals surface area (Å²) in [5.41, 5.74) is 0. The van der Waals surface area contributed by atoms with Gasteiger partial charge in [0.2, 0.25) is 0 Å². The molecule has 0 N–H and O–H groups in total. The van der Waals surface area contributed by atoms with E-state index in [-0.39, 0.29) is 38.4 Å². The number of allylic oxidation sites excluding steroid dienone is 5. The Bertz CT molecular complexity index is 853. The van der Waals surface area contributed by atoms with Crippen LogP contribution in [-0.4, -0.2) is 69.1 Å². The fraction of sp³-hybridized carbons (Fsp3) is 0.775. The molecule has 48 heavy (non-hydrogen) atoms. The molecule has 0 amide bonds. The van der Waals surface area contributed by atoms with Gasteiger partial charge in [-0.1, -0.05) is 96.6 Å². The zero-order valence-electron chi connectivity index (χ0n) is 31.2. The van der Waals surface area contributed by atoms with Gasteiger partial charge in [0, 0.05) is 19.4 Å². The smallest absolute Gasteiger partial charge is 0.465 e. The molecule has 8 nitrogen and oxygen atoms in total. The summed E-state index contributed by atoms with van der Waals surface area (Å²) in [5.74, 6) is -0.531. The minimum absolute atomic E-state index is 0.00884. The Labute approximate surface area is 294 Å². The van der Waals surface area contributed by atoms with E-state index in [9.17, 15) is 14.4 Å². The maximum Gasteiger partial charge on any atom is 0.508 e. The van der Waals surface area contributed by atoms with Gasteiger partial charge in [0.1, 0.15) is 19.8 Å². The lowest BCUT2D eigenvalue weighted by Gasteiger charge is -2.18. The third-order valence-electron chi connectivity index (χ3n) is 8.53. The van der Waals surface area contributed by atoms with Crippen molar-refractivity contribution in [1.29, 1.82) is 0 Å². The molecule has 0 fully saturated rings. The van der Waals surface area contributed by atoms with E-state index in [4.69, 9.17) is 18.9 Å². The number of nitrogens with zero attached hydrogens (tertiary/aromatic N) is 1. The van der Waals surface area contributed by atoms with Gasteiger partial charge in [-0.05, 0) is 83.2 Å². The normalized spacial score (nSPS) is 12.8. The molecule has 0 aliphatic carbocycles. The molecule has 0 aromatic carbocycles. The van der Waals surface area contributed by atoms with Crippen LogP contribution < -0.4 is 0 Å². The van der Waals surface area contributed by atoms with Gasteiger partial charge in [-0.2, -0.15) is 0 Å². The van der Waals surface area contributed by atoms with Crippen LogP contribution in [0.5, 0.6) is 0 Å². The zero-order chi connectivity index (χ0) is 35.5. The van der Waals surface area contributed by atoms with Gasteiger partial charge in [-0.3, -0.25) is 9.59 Å². The summed E-state index contributed by atoms with van der Waals surface area (Å²) in [7, 11) is 0. The van der Waals surface area contributed by atoms with Crippen LogP contribution >= 0.6 is 0 Å². The lowest BCUT2D eigenvalue weighted by Crippen LogP contribution is -2.27. The lowest BCUT2D eigenvalue weighted by molar-refractivity contribution is -0.150. The average Bonchev–Trinajstić information content (AvgIpc) is 3.09. The molecule has 2 atom stereocenters. The van der Waals surface area contributed by atoms with Crippen molar-refractivity contribution >= 4 is 18.1 Å². The van der Waals surface area contributed by atoms with Gasteiger partial charge < -0.3 is 23.8 Å². The Morgan fingerprint density at radius 1 is 0.646 bits per heavy atom. The number of unbranched alkanes of at least 4 members (excludes halogenated alkanes) is 8. The van der Waals surface area contributed by atoms with E-state index >= 15 is 0 Å². The molecule has 0 rings (SSSR count). The Kier molecular flexibility index (Phi) is 32.4. The Balaban J connectivity index is 4.42. The first kappa shape index (κ1) is 45.4. The van der Waals surface area contributed by atoms with Crippen molar-refractivity contribution < 1.29 is 33.3 Å². The highest BCUT2D eigenvalue weighted by Gasteiger charge is 2.18. The number of rotatable bonds is 33. The molecule has 2 unspecified atom stereocenters. The fourth-order valence-electron chi connectivity index (χ4n) is 5.26. The second kappa shape index (κ2) is 34.3. The molecule has 0 bridgehead atoms. The van der Waals surface area contributed by atoms with E-state index in [1.165, 1.54) is 25.7 Å². The van der Waals surface area contributed by atoms with Crippen molar-refractivity contribution in [3.05, 3.63) is 37.0 Å². The van der Waals surface area contributed by atoms with Crippen LogP contribution in [0.25, 0.3) is 0 Å². The van der Waals surface area contributed by atoms with Crippen molar-refractivity contribution in [1.82, 2.24) is 4.90 Å². The molecule has 0 heterocycles. The Hall–Kier alpha value is -2.61. The van der Waals surface area contributed by atoms with Gasteiger partial charge in [-0.25, -0.2) is 4.79 Å². The number of esters is 2. The topological polar surface area (TPSA) is 91.4 Å². The molecule has 0 radical (unpaired) electrons. The summed E-state index contributed by atoms with van der Waals surface area (Å²) >= 11 is 0. The predicted octanol–water partition coefficient (Wildman–Crippen LogP) is 10.2. The summed E-state index contributed by atoms with van der Waals surface area (Å²) < 4.78 is 21.5. The third-order valence-corrected chi connectivity index (χ3v) is 8.53. The summed E-state index contributed by atoms with van der Waals surface area (Å²) in [6.07, 6.45) is 27.6. The van der Waals surface area contributed by atoms with Crippen molar-refractivity contribution in [3.63, 3.8) is 0 Å². The van der Waals surface area contributed by atoms with Crippen LogP contribution in [-0.2, 0) is 28.5 Å². The number of ether oxygens (including phenoxy) is 4. The van der Waals surface area contributed by atoms with Crippen LogP contribution in [0.15, 0.2) is 37.0 Å². The van der Waals surface area contributed by atoms with Crippen LogP contribution in [0.2, 0.25) is 0 Å². The van der Waals surface area contributed by atoms with Gasteiger partial charge >= 0.3 is 18.1 Å². The van der Waals surface area contributed by atoms with Gasteiger partial charge in [0.05, 0.1) is 12.5 Å². The monoisotopic (exact) mass is 678 g/mol. The largest absolute Gasteiger partial charge is 0.508 e. The van der Waals surface area contributed by atoms with Crippen LogP contribution in [0.3, 0.4) is 0 Å². The van der Waals surface area contributed by atoms with Crippen LogP contribution in [0.1, 0.15) is 143 Å². The molecule has 0 spiro atoms. The molecular formula is C40H71NO7. The fourth-order valence-corrected chi connectivity index (χ4v) is 5.26. The summed E-state index contributed by atoms with van der Waals surface area (Å²) in [4.78, 5) is 39.3.